The molecule has 0 aliphatic rings. The van der Waals surface area contributed by atoms with Gasteiger partial charge in [0.25, 0.3) is 0 Å². The molecule has 0 unspecified atom stereocenters. The minimum absolute atomic E-state index is 0.259. The quantitative estimate of drug-likeness (QED) is 0.370. The Kier molecular flexibility index (Phi) is 4.74. The van der Waals surface area contributed by atoms with Crippen LogP contribution in [-0.4, -0.2) is 21.5 Å². The van der Waals surface area contributed by atoms with Crippen molar-refractivity contribution in [3.05, 3.63) is 53.4 Å². The minimum atomic E-state index is -4.62. The number of Topliss-reactive ketones (excluding diaryl/α,β-unsaturated/α-hetero) is 1. The normalized spacial score (nSPS) is 11.5. The molecule has 0 spiro atoms. The summed E-state index contributed by atoms with van der Waals surface area (Å²) in [6, 6.07) is 3.15. The summed E-state index contributed by atoms with van der Waals surface area (Å²) in [5, 5.41) is -0.259. The summed E-state index contributed by atoms with van der Waals surface area (Å²) in [4.78, 5) is 18.6. The predicted molar refractivity (Wildman–Crippen MR) is 68.4 cm³/mol. The van der Waals surface area contributed by atoms with Gasteiger partial charge in [0.2, 0.25) is 0 Å². The second-order valence-electron chi connectivity index (χ2n) is 4.06. The SMILES string of the molecule is O=C(CSc1nccc(C(F)(F)F)n1)c1ccc(F)cc1F. The predicted octanol–water partition coefficient (Wildman–Crippen LogP) is 3.75. The van der Waals surface area contributed by atoms with Gasteiger partial charge >= 0.3 is 6.18 Å². The van der Waals surface area contributed by atoms with Crippen molar-refractivity contribution < 1.29 is 26.7 Å². The molecule has 0 N–H and O–H groups in total. The topological polar surface area (TPSA) is 42.9 Å². The van der Waals surface area contributed by atoms with Gasteiger partial charge in [-0.15, -0.1) is 0 Å². The van der Waals surface area contributed by atoms with Gasteiger partial charge in [0.1, 0.15) is 17.3 Å². The molecule has 1 aromatic carbocycles. The fourth-order valence-electron chi connectivity index (χ4n) is 1.49. The molecule has 0 amide bonds. The molecule has 0 bridgehead atoms. The Bertz CT molecular complexity index is 705. The van der Waals surface area contributed by atoms with Crippen molar-refractivity contribution in [2.45, 2.75) is 11.3 Å². The molecule has 0 saturated carbocycles. The van der Waals surface area contributed by atoms with Crippen LogP contribution in [0.15, 0.2) is 35.6 Å². The lowest BCUT2D eigenvalue weighted by Crippen LogP contribution is -2.10. The van der Waals surface area contributed by atoms with Gasteiger partial charge in [0.05, 0.1) is 11.3 Å². The van der Waals surface area contributed by atoms with Crippen molar-refractivity contribution in [1.29, 1.82) is 0 Å². The average Bonchev–Trinajstić information content (AvgIpc) is 2.44. The Morgan fingerprint density at radius 3 is 2.55 bits per heavy atom. The number of benzene rings is 1. The molecule has 0 atom stereocenters. The molecule has 0 radical (unpaired) electrons. The zero-order chi connectivity index (χ0) is 16.3. The summed E-state index contributed by atoms with van der Waals surface area (Å²) < 4.78 is 63.5. The van der Waals surface area contributed by atoms with Crippen molar-refractivity contribution in [3.8, 4) is 0 Å². The highest BCUT2D eigenvalue weighted by molar-refractivity contribution is 7.99. The summed E-state index contributed by atoms with van der Waals surface area (Å²) in [6.07, 6.45) is -3.70. The van der Waals surface area contributed by atoms with E-state index in [2.05, 4.69) is 9.97 Å². The molecule has 2 rings (SSSR count). The number of carbonyl (C=O) groups excluding carboxylic acids is 1. The van der Waals surface area contributed by atoms with Crippen molar-refractivity contribution in [2.75, 3.05) is 5.75 Å². The Morgan fingerprint density at radius 2 is 1.91 bits per heavy atom. The van der Waals surface area contributed by atoms with Crippen LogP contribution in [0.2, 0.25) is 0 Å². The molecule has 0 fully saturated rings. The summed E-state index contributed by atoms with van der Waals surface area (Å²) in [5.74, 6) is -2.94. The van der Waals surface area contributed by atoms with E-state index in [4.69, 9.17) is 0 Å². The van der Waals surface area contributed by atoms with Crippen LogP contribution >= 0.6 is 11.8 Å². The molecule has 0 aliphatic carbocycles. The van der Waals surface area contributed by atoms with Crippen molar-refractivity contribution in [1.82, 2.24) is 9.97 Å². The van der Waals surface area contributed by atoms with E-state index in [-0.39, 0.29) is 16.5 Å². The van der Waals surface area contributed by atoms with Crippen molar-refractivity contribution in [3.63, 3.8) is 0 Å². The molecule has 0 aliphatic heterocycles. The highest BCUT2D eigenvalue weighted by atomic mass is 32.2. The van der Waals surface area contributed by atoms with Crippen LogP contribution < -0.4 is 0 Å². The molecule has 2 aromatic rings. The molecule has 1 heterocycles. The van der Waals surface area contributed by atoms with Crippen LogP contribution in [-0.2, 0) is 6.18 Å². The average molecular weight is 334 g/mol. The maximum Gasteiger partial charge on any atom is 0.433 e. The van der Waals surface area contributed by atoms with Crippen LogP contribution in [0.4, 0.5) is 22.0 Å². The van der Waals surface area contributed by atoms with Gasteiger partial charge in [-0.3, -0.25) is 4.79 Å². The number of nitrogens with zero attached hydrogens (tertiary/aromatic N) is 2. The zero-order valence-corrected chi connectivity index (χ0v) is 11.5. The minimum Gasteiger partial charge on any atom is -0.293 e. The maximum absolute atomic E-state index is 13.4. The third-order valence-electron chi connectivity index (χ3n) is 2.49. The Hall–Kier alpha value is -2.03. The lowest BCUT2D eigenvalue weighted by Gasteiger charge is -2.06. The van der Waals surface area contributed by atoms with Gasteiger partial charge in [-0.2, -0.15) is 13.2 Å². The van der Waals surface area contributed by atoms with Gasteiger partial charge in [-0.05, 0) is 18.2 Å². The first-order valence-corrected chi connectivity index (χ1v) is 6.77. The summed E-state index contributed by atoms with van der Waals surface area (Å²) in [7, 11) is 0. The van der Waals surface area contributed by atoms with E-state index in [0.717, 1.165) is 18.3 Å². The number of ketones is 1. The number of carbonyl (C=O) groups is 1. The van der Waals surface area contributed by atoms with E-state index >= 15 is 0 Å². The lowest BCUT2D eigenvalue weighted by molar-refractivity contribution is -0.141. The molecule has 1 aromatic heterocycles. The number of halogens is 5. The summed E-state index contributed by atoms with van der Waals surface area (Å²) >= 11 is 0.634. The fourth-order valence-corrected chi connectivity index (χ4v) is 2.21. The molecule has 9 heteroatoms. The first-order chi connectivity index (χ1) is 10.3. The number of thioether (sulfide) groups is 1. The Labute approximate surface area is 125 Å². The Morgan fingerprint density at radius 1 is 1.18 bits per heavy atom. The van der Waals surface area contributed by atoms with E-state index in [0.29, 0.717) is 23.9 Å². The van der Waals surface area contributed by atoms with E-state index in [1.54, 1.807) is 0 Å². The molecular weight excluding hydrogens is 327 g/mol. The number of alkyl halides is 3. The summed E-state index contributed by atoms with van der Waals surface area (Å²) in [6.45, 7) is 0. The molecule has 3 nitrogen and oxygen atoms in total. The van der Waals surface area contributed by atoms with E-state index in [1.165, 1.54) is 0 Å². The summed E-state index contributed by atoms with van der Waals surface area (Å²) in [5.41, 5.74) is -1.48. The second-order valence-corrected chi connectivity index (χ2v) is 5.00. The Balaban J connectivity index is 2.08. The highest BCUT2D eigenvalue weighted by Gasteiger charge is 2.32. The number of rotatable bonds is 4. The van der Waals surface area contributed by atoms with Gasteiger partial charge < -0.3 is 0 Å². The van der Waals surface area contributed by atoms with Crippen molar-refractivity contribution >= 4 is 17.5 Å². The van der Waals surface area contributed by atoms with Gasteiger partial charge in [0, 0.05) is 12.3 Å². The third-order valence-corrected chi connectivity index (χ3v) is 3.35. The van der Waals surface area contributed by atoms with E-state index in [9.17, 15) is 26.7 Å². The van der Waals surface area contributed by atoms with Crippen LogP contribution in [0, 0.1) is 11.6 Å². The number of hydrogen-bond donors (Lipinski definition) is 0. The molecule has 0 saturated heterocycles. The first-order valence-electron chi connectivity index (χ1n) is 5.78. The largest absolute Gasteiger partial charge is 0.433 e. The van der Waals surface area contributed by atoms with Crippen LogP contribution in [0.25, 0.3) is 0 Å². The zero-order valence-electron chi connectivity index (χ0n) is 10.7. The van der Waals surface area contributed by atoms with Gasteiger partial charge in [-0.1, -0.05) is 11.8 Å². The number of hydrogen-bond acceptors (Lipinski definition) is 4. The first kappa shape index (κ1) is 16.3. The fraction of sp³-hybridized carbons (Fsp3) is 0.154. The smallest absolute Gasteiger partial charge is 0.293 e. The van der Waals surface area contributed by atoms with E-state index in [1.807, 2.05) is 0 Å². The lowest BCUT2D eigenvalue weighted by atomic mass is 10.1. The van der Waals surface area contributed by atoms with Crippen molar-refractivity contribution in [2.24, 2.45) is 0 Å². The standard InChI is InChI=1S/C13H7F5N2OS/c14-7-1-2-8(9(15)5-7)10(21)6-22-12-19-4-3-11(20-12)13(16,17)18/h1-5H,6H2. The third kappa shape index (κ3) is 4.00. The van der Waals surface area contributed by atoms with E-state index < -0.39 is 29.3 Å². The van der Waals surface area contributed by atoms with Gasteiger partial charge in [0.15, 0.2) is 10.9 Å². The van der Waals surface area contributed by atoms with Gasteiger partial charge in [-0.25, -0.2) is 18.7 Å². The number of aromatic nitrogens is 2. The second kappa shape index (κ2) is 6.39. The highest BCUT2D eigenvalue weighted by Crippen LogP contribution is 2.28. The van der Waals surface area contributed by atoms with Crippen LogP contribution in [0.5, 0.6) is 0 Å². The maximum atomic E-state index is 13.4. The molecular formula is C13H7F5N2OS. The molecule has 116 valence electrons. The van der Waals surface area contributed by atoms with Crippen LogP contribution in [0.3, 0.4) is 0 Å². The monoisotopic (exact) mass is 334 g/mol. The molecule has 22 heavy (non-hydrogen) atoms. The van der Waals surface area contributed by atoms with Crippen LogP contribution in [0.1, 0.15) is 16.1 Å².